The maximum absolute atomic E-state index is 9.09. The molecule has 0 aliphatic carbocycles. The van der Waals surface area contributed by atoms with Gasteiger partial charge in [0.05, 0.1) is 0 Å². The first kappa shape index (κ1) is 45.7. The molecule has 0 aliphatic rings. The van der Waals surface area contributed by atoms with E-state index in [2.05, 4.69) is 203 Å². The van der Waals surface area contributed by atoms with E-state index in [1.54, 1.807) is 0 Å². The molecule has 0 aliphatic heterocycles. The summed E-state index contributed by atoms with van der Waals surface area (Å²) in [5, 5.41) is 2.45. The number of hydrogen-bond acceptors (Lipinski definition) is 0. The van der Waals surface area contributed by atoms with Crippen molar-refractivity contribution in [2.24, 2.45) is 0 Å². The molecule has 0 saturated carbocycles. The van der Waals surface area contributed by atoms with Crippen molar-refractivity contribution < 1.29 is 12.5 Å². The van der Waals surface area contributed by atoms with Gasteiger partial charge in [-0.15, -0.1) is 0 Å². The first-order chi connectivity index (χ1) is 21.1. The van der Waals surface area contributed by atoms with Crippen LogP contribution in [0.5, 0.6) is 0 Å². The van der Waals surface area contributed by atoms with Crippen molar-refractivity contribution in [3.63, 3.8) is 0 Å². The summed E-state index contributed by atoms with van der Waals surface area (Å²) in [6.45, 7) is 58.3. The van der Waals surface area contributed by atoms with Crippen molar-refractivity contribution in [3.8, 4) is 0 Å². The van der Waals surface area contributed by atoms with Crippen LogP contribution in [0.4, 0.5) is 0 Å². The molecule has 0 amide bonds. The third-order valence-corrected chi connectivity index (χ3v) is 68.4. The van der Waals surface area contributed by atoms with Gasteiger partial charge in [-0.1, -0.05) is 0 Å². The van der Waals surface area contributed by atoms with Gasteiger partial charge in [0, 0.05) is 0 Å². The predicted molar refractivity (Wildman–Crippen MR) is 234 cm³/mol. The minimum atomic E-state index is -3.58. The van der Waals surface area contributed by atoms with Gasteiger partial charge in [-0.05, 0) is 0 Å². The van der Waals surface area contributed by atoms with Crippen molar-refractivity contribution in [1.82, 2.24) is 0 Å². The Morgan fingerprint density at radius 3 is 0.612 bits per heavy atom. The van der Waals surface area contributed by atoms with Gasteiger partial charge in [-0.3, -0.25) is 0 Å². The van der Waals surface area contributed by atoms with E-state index in [-0.39, 0.29) is 42.3 Å². The summed E-state index contributed by atoms with van der Waals surface area (Å²) in [7, 11) is 18.2. The topological polar surface area (TPSA) is 0 Å². The summed E-state index contributed by atoms with van der Waals surface area (Å²) < 4.78 is 0. The summed E-state index contributed by atoms with van der Waals surface area (Å²) in [5.41, 5.74) is -0.370. The van der Waals surface area contributed by atoms with E-state index >= 15 is 0 Å². The Hall–Kier alpha value is 0.542. The summed E-state index contributed by atoms with van der Waals surface area (Å²) in [6, 6.07) is 15.3. The molecule has 290 valence electrons. The van der Waals surface area contributed by atoms with Gasteiger partial charge in [-0.25, -0.2) is 0 Å². The minimum absolute atomic E-state index is 0.0127. The molecule has 0 atom stereocenters. The van der Waals surface area contributed by atoms with Gasteiger partial charge in [0.15, 0.2) is 0 Å². The summed E-state index contributed by atoms with van der Waals surface area (Å²) in [4.78, 5) is 0. The number of hydrogen-bond donors (Lipinski definition) is 0. The zero-order valence-electron chi connectivity index (χ0n) is 36.5. The molecule has 49 heavy (non-hydrogen) atoms. The number of benzene rings is 2. The molecule has 2 rings (SSSR count). The van der Waals surface area contributed by atoms with E-state index in [1.807, 2.05) is 0 Å². The molecule has 0 fully saturated rings. The monoisotopic (exact) mass is 846 g/mol. The van der Waals surface area contributed by atoms with Crippen molar-refractivity contribution >= 4 is 40.6 Å². The van der Waals surface area contributed by atoms with Gasteiger partial charge in [0.25, 0.3) is 0 Å². The normalized spacial score (nSPS) is 16.5. The van der Waals surface area contributed by atoms with Gasteiger partial charge in [-0.2, -0.15) is 0 Å². The molecule has 0 unspecified atom stereocenters. The standard InChI is InChI=1S/2C22H39P.2ClH.Pd/c2*1-19(2,3)16-13-17(20(4,5)6)15-18(14-16)23(21(7,8)9)22(10,11)12;;;/h2*13-15H,1-12H3;2*1H;. The average molecular weight is 848 g/mol. The van der Waals surface area contributed by atoms with E-state index in [9.17, 15) is 0 Å². The summed E-state index contributed by atoms with van der Waals surface area (Å²) >= 11 is -3.58. The summed E-state index contributed by atoms with van der Waals surface area (Å²) in [5.74, 6) is 0. The molecule has 2 aromatic rings. The molecule has 0 radical (unpaired) electrons. The molecule has 0 nitrogen and oxygen atoms in total. The fraction of sp³-hybridized carbons (Fsp3) is 0.727. The second kappa shape index (κ2) is 13.4. The van der Waals surface area contributed by atoms with Crippen LogP contribution in [-0.2, 0) is 34.2 Å². The predicted octanol–water partition coefficient (Wildman–Crippen LogP) is 14.8. The first-order valence-electron chi connectivity index (χ1n) is 18.5. The van der Waals surface area contributed by atoms with Crippen LogP contribution in [0.1, 0.15) is 188 Å². The molecule has 0 aromatic heterocycles. The Balaban J connectivity index is 3.64. The molecule has 2 aromatic carbocycles. The van der Waals surface area contributed by atoms with Crippen molar-refractivity contribution in [2.75, 3.05) is 0 Å². The zero-order valence-corrected chi connectivity index (χ0v) is 41.6. The van der Waals surface area contributed by atoms with Crippen LogP contribution in [0.2, 0.25) is 0 Å². The molecule has 0 N–H and O–H groups in total. The van der Waals surface area contributed by atoms with Crippen LogP contribution in [0.25, 0.3) is 0 Å². The van der Waals surface area contributed by atoms with E-state index in [0.717, 1.165) is 0 Å². The molecule has 5 heteroatoms. The number of rotatable bonds is 4. The van der Waals surface area contributed by atoms with Crippen LogP contribution >= 0.6 is 30.0 Å². The van der Waals surface area contributed by atoms with Gasteiger partial charge < -0.3 is 0 Å². The van der Waals surface area contributed by atoms with E-state index < -0.39 is 23.4 Å². The maximum atomic E-state index is 9.09. The Morgan fingerprint density at radius 1 is 0.327 bits per heavy atom. The Labute approximate surface area is 318 Å². The Morgan fingerprint density at radius 2 is 0.490 bits per heavy atom. The van der Waals surface area contributed by atoms with Crippen LogP contribution in [0, 0.1) is 0 Å². The van der Waals surface area contributed by atoms with E-state index in [4.69, 9.17) is 19.1 Å². The van der Waals surface area contributed by atoms with Crippen molar-refractivity contribution in [3.05, 3.63) is 58.7 Å². The number of halogens is 2. The van der Waals surface area contributed by atoms with Crippen LogP contribution < -0.4 is 10.6 Å². The van der Waals surface area contributed by atoms with E-state index in [1.165, 1.54) is 32.9 Å². The van der Waals surface area contributed by atoms with Crippen LogP contribution in [-0.4, -0.2) is 20.6 Å². The molecular weight excluding hydrogens is 768 g/mol. The molecule has 0 saturated heterocycles. The fourth-order valence-corrected chi connectivity index (χ4v) is 103. The second-order valence-electron chi connectivity index (χ2n) is 23.2. The molecule has 0 spiro atoms. The quantitative estimate of drug-likeness (QED) is 0.212. The third kappa shape index (κ3) is 8.01. The van der Waals surface area contributed by atoms with Crippen molar-refractivity contribution in [2.45, 2.75) is 208 Å². The Kier molecular flexibility index (Phi) is 12.5. The first-order valence-corrected chi connectivity index (χ1v) is 30.8. The van der Waals surface area contributed by atoms with Crippen LogP contribution in [0.3, 0.4) is 0 Å². The van der Waals surface area contributed by atoms with Gasteiger partial charge in [0.2, 0.25) is 0 Å². The van der Waals surface area contributed by atoms with Gasteiger partial charge in [0.1, 0.15) is 0 Å². The molecule has 0 heterocycles. The van der Waals surface area contributed by atoms with Crippen molar-refractivity contribution in [1.29, 1.82) is 0 Å². The fourth-order valence-electron chi connectivity index (χ4n) is 8.95. The second-order valence-corrected chi connectivity index (χ2v) is 58.8. The van der Waals surface area contributed by atoms with E-state index in [0.29, 0.717) is 0 Å². The third-order valence-electron chi connectivity index (χ3n) is 10.6. The average Bonchev–Trinajstić information content (AvgIpc) is 2.77. The zero-order chi connectivity index (χ0) is 39.2. The molecular formula is C44H80Cl2P2Pd. The Bertz CT molecular complexity index is 1290. The van der Waals surface area contributed by atoms with Gasteiger partial charge >= 0.3 is 320 Å². The SMILES string of the molecule is CC(C)(C)c1cc(C(C)(C)C)cc([PH](C(C)(C)C)(C(C)(C)C)[Pd]([Cl])([Cl])[PH](c2cc(C(C)(C)C)cc(C(C)(C)C)c2)(C(C)(C)C)C(C)(C)C)c1. The molecule has 0 bridgehead atoms. The van der Waals surface area contributed by atoms with Crippen LogP contribution in [0.15, 0.2) is 36.4 Å². The summed E-state index contributed by atoms with van der Waals surface area (Å²) in [6.07, 6.45) is 0.